The molecule has 2 heterocycles. The third kappa shape index (κ3) is 4.43. The Labute approximate surface area is 181 Å². The minimum absolute atomic E-state index is 0.0651. The molecular weight excluding hydrogens is 398 g/mol. The fourth-order valence-corrected chi connectivity index (χ4v) is 6.73. The number of benzene rings is 1. The molecular formula is C23H35N3O3S. The maximum absolute atomic E-state index is 13.2. The first-order chi connectivity index (χ1) is 14.4. The third-order valence-corrected chi connectivity index (χ3v) is 9.24. The first-order valence-electron chi connectivity index (χ1n) is 11.4. The van der Waals surface area contributed by atoms with E-state index in [-0.39, 0.29) is 11.8 Å². The summed E-state index contributed by atoms with van der Waals surface area (Å²) in [6, 6.07) is 5.96. The predicted molar refractivity (Wildman–Crippen MR) is 118 cm³/mol. The minimum Gasteiger partial charge on any atom is -0.342 e. The molecule has 0 saturated carbocycles. The van der Waals surface area contributed by atoms with Crippen molar-refractivity contribution >= 4 is 15.9 Å². The number of nitrogens with zero attached hydrogens (tertiary/aromatic N) is 3. The number of fused-ring (bicyclic) bond motifs is 1. The van der Waals surface area contributed by atoms with Gasteiger partial charge < -0.3 is 9.80 Å². The zero-order valence-corrected chi connectivity index (χ0v) is 19.2. The number of hydrogen-bond acceptors (Lipinski definition) is 4. The molecule has 6 nitrogen and oxygen atoms in total. The molecule has 166 valence electrons. The Kier molecular flexibility index (Phi) is 6.51. The van der Waals surface area contributed by atoms with E-state index >= 15 is 0 Å². The quantitative estimate of drug-likeness (QED) is 0.732. The third-order valence-electron chi connectivity index (χ3n) is 7.34. The van der Waals surface area contributed by atoms with E-state index in [1.54, 1.807) is 10.4 Å². The second-order valence-corrected chi connectivity index (χ2v) is 11.2. The lowest BCUT2D eigenvalue weighted by Crippen LogP contribution is -2.48. The van der Waals surface area contributed by atoms with E-state index in [1.165, 1.54) is 17.5 Å². The van der Waals surface area contributed by atoms with Gasteiger partial charge in [0.2, 0.25) is 15.9 Å². The van der Waals surface area contributed by atoms with Crippen LogP contribution in [0.3, 0.4) is 0 Å². The van der Waals surface area contributed by atoms with Gasteiger partial charge in [-0.3, -0.25) is 4.79 Å². The Morgan fingerprint density at radius 2 is 1.60 bits per heavy atom. The van der Waals surface area contributed by atoms with Crippen molar-refractivity contribution < 1.29 is 13.2 Å². The summed E-state index contributed by atoms with van der Waals surface area (Å²) in [7, 11) is 0.558. The monoisotopic (exact) mass is 433 g/mol. The van der Waals surface area contributed by atoms with Crippen LogP contribution in [0.5, 0.6) is 0 Å². The van der Waals surface area contributed by atoms with Crippen LogP contribution in [-0.2, 0) is 27.7 Å². The van der Waals surface area contributed by atoms with Crippen molar-refractivity contribution in [3.8, 4) is 0 Å². The highest BCUT2D eigenvalue weighted by molar-refractivity contribution is 7.89. The van der Waals surface area contributed by atoms with E-state index in [0.29, 0.717) is 36.9 Å². The molecule has 0 spiro atoms. The molecule has 1 amide bonds. The average molecular weight is 434 g/mol. The first-order valence-corrected chi connectivity index (χ1v) is 12.9. The molecule has 0 atom stereocenters. The predicted octanol–water partition coefficient (Wildman–Crippen LogP) is 2.52. The first kappa shape index (κ1) is 21.8. The number of piperidine rings is 2. The lowest BCUT2D eigenvalue weighted by atomic mass is 9.92. The summed E-state index contributed by atoms with van der Waals surface area (Å²) in [5, 5.41) is 0. The van der Waals surface area contributed by atoms with Crippen LogP contribution in [0.15, 0.2) is 23.1 Å². The summed E-state index contributed by atoms with van der Waals surface area (Å²) in [4.78, 5) is 17.7. The summed E-state index contributed by atoms with van der Waals surface area (Å²) in [5.41, 5.74) is 2.48. The molecule has 2 fully saturated rings. The van der Waals surface area contributed by atoms with Crippen LogP contribution in [-0.4, -0.2) is 74.7 Å². The van der Waals surface area contributed by atoms with E-state index in [4.69, 9.17) is 0 Å². The number of carbonyl (C=O) groups is 1. The van der Waals surface area contributed by atoms with Crippen molar-refractivity contribution in [2.45, 2.75) is 62.3 Å². The Bertz CT molecular complexity index is 870. The molecule has 2 aliphatic heterocycles. The van der Waals surface area contributed by atoms with Crippen LogP contribution < -0.4 is 0 Å². The van der Waals surface area contributed by atoms with Crippen LogP contribution in [0.2, 0.25) is 0 Å². The smallest absolute Gasteiger partial charge is 0.243 e. The van der Waals surface area contributed by atoms with Crippen LogP contribution in [0.4, 0.5) is 0 Å². The molecule has 0 aromatic heterocycles. The van der Waals surface area contributed by atoms with Crippen molar-refractivity contribution in [1.29, 1.82) is 0 Å². The molecule has 4 rings (SSSR count). The lowest BCUT2D eigenvalue weighted by Gasteiger charge is -2.38. The zero-order valence-electron chi connectivity index (χ0n) is 18.3. The van der Waals surface area contributed by atoms with Crippen LogP contribution in [0, 0.1) is 5.92 Å². The number of sulfonamides is 1. The molecule has 1 aromatic carbocycles. The average Bonchev–Trinajstić information content (AvgIpc) is 2.78. The van der Waals surface area contributed by atoms with Gasteiger partial charge in [0.05, 0.1) is 4.90 Å². The fraction of sp³-hybridized carbons (Fsp3) is 0.696. The Morgan fingerprint density at radius 1 is 0.967 bits per heavy atom. The minimum atomic E-state index is -3.49. The molecule has 7 heteroatoms. The number of hydrogen-bond donors (Lipinski definition) is 0. The van der Waals surface area contributed by atoms with Gasteiger partial charge in [0.1, 0.15) is 0 Å². The number of carbonyl (C=O) groups excluding carboxylic acids is 1. The Hall–Kier alpha value is -1.44. The Morgan fingerprint density at radius 3 is 2.27 bits per heavy atom. The summed E-state index contributed by atoms with van der Waals surface area (Å²) in [6.45, 7) is 2.91. The van der Waals surface area contributed by atoms with Gasteiger partial charge in [-0.15, -0.1) is 0 Å². The van der Waals surface area contributed by atoms with E-state index in [1.807, 2.05) is 24.1 Å². The van der Waals surface area contributed by atoms with E-state index in [9.17, 15) is 13.2 Å². The van der Waals surface area contributed by atoms with E-state index in [0.717, 1.165) is 45.2 Å². The van der Waals surface area contributed by atoms with Crippen LogP contribution >= 0.6 is 0 Å². The molecule has 3 aliphatic rings. The number of aryl methyl sites for hydroxylation is 2. The zero-order chi connectivity index (χ0) is 21.3. The molecule has 0 bridgehead atoms. The second-order valence-electron chi connectivity index (χ2n) is 9.30. The molecule has 0 N–H and O–H groups in total. The van der Waals surface area contributed by atoms with Crippen molar-refractivity contribution in [3.05, 3.63) is 29.3 Å². The number of likely N-dealkylation sites (tertiary alicyclic amines) is 1. The van der Waals surface area contributed by atoms with Crippen molar-refractivity contribution in [1.82, 2.24) is 14.1 Å². The van der Waals surface area contributed by atoms with Crippen molar-refractivity contribution in [2.75, 3.05) is 40.3 Å². The molecule has 0 unspecified atom stereocenters. The van der Waals surface area contributed by atoms with Gasteiger partial charge in [-0.1, -0.05) is 6.07 Å². The van der Waals surface area contributed by atoms with Gasteiger partial charge in [-0.2, -0.15) is 4.31 Å². The molecule has 2 saturated heterocycles. The molecule has 30 heavy (non-hydrogen) atoms. The van der Waals surface area contributed by atoms with E-state index < -0.39 is 10.0 Å². The van der Waals surface area contributed by atoms with Gasteiger partial charge in [-0.25, -0.2) is 8.42 Å². The highest BCUT2D eigenvalue weighted by Gasteiger charge is 2.35. The maximum atomic E-state index is 13.2. The van der Waals surface area contributed by atoms with Gasteiger partial charge in [0.25, 0.3) is 0 Å². The number of amides is 1. The summed E-state index contributed by atoms with van der Waals surface area (Å²) >= 11 is 0. The summed E-state index contributed by atoms with van der Waals surface area (Å²) in [5.74, 6) is 0.125. The van der Waals surface area contributed by atoms with E-state index in [2.05, 4.69) is 11.9 Å². The van der Waals surface area contributed by atoms with Gasteiger partial charge in [0, 0.05) is 32.1 Å². The van der Waals surface area contributed by atoms with Crippen molar-refractivity contribution in [3.63, 3.8) is 0 Å². The second kappa shape index (κ2) is 8.97. The number of rotatable bonds is 4. The van der Waals surface area contributed by atoms with Crippen LogP contribution in [0.25, 0.3) is 0 Å². The normalized spacial score (nSPS) is 22.6. The van der Waals surface area contributed by atoms with Gasteiger partial charge >= 0.3 is 0 Å². The largest absolute Gasteiger partial charge is 0.342 e. The molecule has 0 radical (unpaired) electrons. The standard InChI is InChI=1S/C23H35N3O3S/c1-24-13-11-21(12-14-24)25(2)23(27)19-9-15-26(16-10-19)30(28,29)22-8-7-18-5-3-4-6-20(18)17-22/h7-8,17,19,21H,3-6,9-16H2,1-2H3. The summed E-state index contributed by atoms with van der Waals surface area (Å²) < 4.78 is 28.0. The highest BCUT2D eigenvalue weighted by Crippen LogP contribution is 2.29. The Balaban J connectivity index is 1.37. The topological polar surface area (TPSA) is 60.9 Å². The lowest BCUT2D eigenvalue weighted by molar-refractivity contribution is -0.138. The highest BCUT2D eigenvalue weighted by atomic mass is 32.2. The fourth-order valence-electron chi connectivity index (χ4n) is 5.21. The van der Waals surface area contributed by atoms with Gasteiger partial charge in [-0.05, 0) is 94.8 Å². The maximum Gasteiger partial charge on any atom is 0.243 e. The SMILES string of the molecule is CN1CCC(N(C)C(=O)C2CCN(S(=O)(=O)c3ccc4c(c3)CCCC4)CC2)CC1. The molecule has 1 aliphatic carbocycles. The van der Waals surface area contributed by atoms with Crippen LogP contribution in [0.1, 0.15) is 49.7 Å². The van der Waals surface area contributed by atoms with Gasteiger partial charge in [0.15, 0.2) is 0 Å². The summed E-state index contributed by atoms with van der Waals surface area (Å²) in [6.07, 6.45) is 7.60. The molecule has 1 aromatic rings. The van der Waals surface area contributed by atoms with Crippen molar-refractivity contribution in [2.24, 2.45) is 5.92 Å².